The van der Waals surface area contributed by atoms with E-state index in [1.807, 2.05) is 0 Å². The molecular weight excluding hydrogens is 239 g/mol. The summed E-state index contributed by atoms with van der Waals surface area (Å²) >= 11 is 0. The minimum Gasteiger partial charge on any atom is -0.408 e. The van der Waals surface area contributed by atoms with E-state index < -0.39 is 11.4 Å². The lowest BCUT2D eigenvalue weighted by Gasteiger charge is -2.14. The molecule has 0 aliphatic heterocycles. The van der Waals surface area contributed by atoms with E-state index in [1.54, 1.807) is 6.07 Å². The lowest BCUT2D eigenvalue weighted by Crippen LogP contribution is -2.25. The average molecular weight is 252 g/mol. The van der Waals surface area contributed by atoms with Gasteiger partial charge in [-0.1, -0.05) is 12.1 Å². The molecule has 0 saturated heterocycles. The predicted octanol–water partition coefficient (Wildman–Crippen LogP) is 0.955. The first-order chi connectivity index (χ1) is 8.36. The Morgan fingerprint density at radius 3 is 2.72 bits per heavy atom. The molecule has 6 nitrogen and oxygen atoms in total. The topological polar surface area (TPSA) is 96.7 Å². The van der Waals surface area contributed by atoms with Gasteiger partial charge in [0.25, 0.3) is 5.96 Å². The first-order valence-corrected chi connectivity index (χ1v) is 5.24. The molecule has 0 saturated carbocycles. The Morgan fingerprint density at radius 2 is 2.17 bits per heavy atom. The van der Waals surface area contributed by atoms with Crippen LogP contribution in [-0.4, -0.2) is 26.1 Å². The molecule has 7 heteroatoms. The van der Waals surface area contributed by atoms with Gasteiger partial charge in [-0.05, 0) is 25.1 Å². The van der Waals surface area contributed by atoms with Crippen molar-refractivity contribution in [1.29, 1.82) is 0 Å². The quantitative estimate of drug-likeness (QED) is 0.305. The van der Waals surface area contributed by atoms with Crippen LogP contribution in [0.2, 0.25) is 0 Å². The molecule has 0 fully saturated rings. The number of para-hydroxylation sites is 1. The van der Waals surface area contributed by atoms with Crippen molar-refractivity contribution in [2.24, 2.45) is 10.9 Å². The second kappa shape index (κ2) is 3.95. The van der Waals surface area contributed by atoms with Crippen LogP contribution < -0.4 is 5.73 Å². The normalized spacial score (nSPS) is 13.2. The molecule has 18 heavy (non-hydrogen) atoms. The van der Waals surface area contributed by atoms with Crippen molar-refractivity contribution in [1.82, 2.24) is 9.78 Å². The second-order valence-electron chi connectivity index (χ2n) is 4.41. The maximum absolute atomic E-state index is 13.8. The molecule has 1 aromatic carbocycles. The smallest absolute Gasteiger partial charge is 0.258 e. The number of nitrogens with zero attached hydrogens (tertiary/aromatic N) is 3. The molecule has 0 bridgehead atoms. The molecule has 0 amide bonds. The third kappa shape index (κ3) is 1.78. The molecule has 0 atom stereocenters. The standard InChI is InChI=1S/C11H13FN4O2/c1-11(2,17)9-6-4-3-5-7(12)8(6)16(14-9)10(13)15-18/h3-5,17-18H,1-2H3,(H2,13,15). The molecule has 1 heterocycles. The van der Waals surface area contributed by atoms with Crippen LogP contribution >= 0.6 is 0 Å². The van der Waals surface area contributed by atoms with Gasteiger partial charge in [-0.25, -0.2) is 4.39 Å². The third-order valence-corrected chi connectivity index (χ3v) is 2.55. The summed E-state index contributed by atoms with van der Waals surface area (Å²) in [6.07, 6.45) is 0. The summed E-state index contributed by atoms with van der Waals surface area (Å²) in [7, 11) is 0. The lowest BCUT2D eigenvalue weighted by atomic mass is 10.0. The van der Waals surface area contributed by atoms with E-state index in [1.165, 1.54) is 26.0 Å². The van der Waals surface area contributed by atoms with Crippen LogP contribution in [0, 0.1) is 5.82 Å². The van der Waals surface area contributed by atoms with Gasteiger partial charge in [-0.2, -0.15) is 9.78 Å². The highest BCUT2D eigenvalue weighted by molar-refractivity contribution is 5.93. The van der Waals surface area contributed by atoms with E-state index in [0.717, 1.165) is 4.68 Å². The molecule has 2 aromatic rings. The molecule has 1 aromatic heterocycles. The Bertz CT molecular complexity index is 628. The van der Waals surface area contributed by atoms with E-state index in [9.17, 15) is 9.50 Å². The molecule has 2 rings (SSSR count). The van der Waals surface area contributed by atoms with Crippen molar-refractivity contribution in [3.05, 3.63) is 29.7 Å². The van der Waals surface area contributed by atoms with Crippen LogP contribution in [0.15, 0.2) is 23.4 Å². The summed E-state index contributed by atoms with van der Waals surface area (Å²) in [5.41, 5.74) is 4.48. The van der Waals surface area contributed by atoms with Crippen LogP contribution in [0.5, 0.6) is 0 Å². The van der Waals surface area contributed by atoms with E-state index in [0.29, 0.717) is 5.39 Å². The van der Waals surface area contributed by atoms with Gasteiger partial charge >= 0.3 is 0 Å². The first kappa shape index (κ1) is 12.3. The van der Waals surface area contributed by atoms with Crippen LogP contribution in [0.4, 0.5) is 4.39 Å². The number of fused-ring (bicyclic) bond motifs is 1. The maximum atomic E-state index is 13.8. The molecule has 0 aliphatic carbocycles. The third-order valence-electron chi connectivity index (χ3n) is 2.55. The van der Waals surface area contributed by atoms with Crippen LogP contribution in [0.25, 0.3) is 10.9 Å². The molecule has 0 radical (unpaired) electrons. The highest BCUT2D eigenvalue weighted by atomic mass is 19.1. The highest BCUT2D eigenvalue weighted by Crippen LogP contribution is 2.28. The van der Waals surface area contributed by atoms with Gasteiger partial charge in [0.1, 0.15) is 22.6 Å². The molecule has 96 valence electrons. The summed E-state index contributed by atoms with van der Waals surface area (Å²) in [5, 5.41) is 25.9. The Kier molecular flexibility index (Phi) is 2.70. The van der Waals surface area contributed by atoms with Gasteiger partial charge in [0, 0.05) is 5.39 Å². The number of rotatable bonds is 1. The fourth-order valence-electron chi connectivity index (χ4n) is 1.79. The summed E-state index contributed by atoms with van der Waals surface area (Å²) < 4.78 is 14.8. The fraction of sp³-hybridized carbons (Fsp3) is 0.273. The summed E-state index contributed by atoms with van der Waals surface area (Å²) in [6.45, 7) is 3.05. The summed E-state index contributed by atoms with van der Waals surface area (Å²) in [4.78, 5) is 0. The zero-order valence-electron chi connectivity index (χ0n) is 9.92. The lowest BCUT2D eigenvalue weighted by molar-refractivity contribution is 0.0750. The summed E-state index contributed by atoms with van der Waals surface area (Å²) in [5.74, 6) is -0.942. The number of aromatic nitrogens is 2. The number of aliphatic hydroxyl groups is 1. The Morgan fingerprint density at radius 1 is 1.50 bits per heavy atom. The molecule has 0 unspecified atom stereocenters. The minimum atomic E-state index is -1.27. The molecule has 0 aliphatic rings. The number of oxime groups is 1. The van der Waals surface area contributed by atoms with E-state index in [-0.39, 0.29) is 17.2 Å². The first-order valence-electron chi connectivity index (χ1n) is 5.24. The minimum absolute atomic E-state index is 0.0601. The monoisotopic (exact) mass is 252 g/mol. The highest BCUT2D eigenvalue weighted by Gasteiger charge is 2.26. The van der Waals surface area contributed by atoms with Crippen molar-refractivity contribution in [2.75, 3.05) is 0 Å². The van der Waals surface area contributed by atoms with E-state index >= 15 is 0 Å². The zero-order chi connectivity index (χ0) is 13.5. The maximum Gasteiger partial charge on any atom is 0.258 e. The Labute approximate surface area is 102 Å². The van der Waals surface area contributed by atoms with Gasteiger partial charge in [0.15, 0.2) is 0 Å². The molecule has 4 N–H and O–H groups in total. The van der Waals surface area contributed by atoms with Crippen molar-refractivity contribution >= 4 is 16.9 Å². The van der Waals surface area contributed by atoms with Crippen molar-refractivity contribution in [3.8, 4) is 0 Å². The molecular formula is C11H13FN4O2. The SMILES string of the molecule is CC(C)(O)c1nn(/C(N)=N/O)c2c(F)cccc12. The largest absolute Gasteiger partial charge is 0.408 e. The van der Waals surface area contributed by atoms with Crippen molar-refractivity contribution < 1.29 is 14.7 Å². The second-order valence-corrected chi connectivity index (χ2v) is 4.41. The van der Waals surface area contributed by atoms with Gasteiger partial charge in [-0.15, -0.1) is 0 Å². The Hall–Kier alpha value is -2.15. The van der Waals surface area contributed by atoms with Gasteiger partial charge in [0.2, 0.25) is 0 Å². The van der Waals surface area contributed by atoms with E-state index in [4.69, 9.17) is 10.9 Å². The number of benzene rings is 1. The summed E-state index contributed by atoms with van der Waals surface area (Å²) in [6, 6.07) is 4.35. The van der Waals surface area contributed by atoms with E-state index in [2.05, 4.69) is 10.3 Å². The molecule has 0 spiro atoms. The van der Waals surface area contributed by atoms with Crippen LogP contribution in [-0.2, 0) is 5.60 Å². The number of nitrogens with two attached hydrogens (primary N) is 1. The Balaban J connectivity index is 2.89. The van der Waals surface area contributed by atoms with Crippen LogP contribution in [0.3, 0.4) is 0 Å². The average Bonchev–Trinajstić information content (AvgIpc) is 2.68. The fourth-order valence-corrected chi connectivity index (χ4v) is 1.79. The van der Waals surface area contributed by atoms with Gasteiger partial charge < -0.3 is 16.0 Å². The van der Waals surface area contributed by atoms with Gasteiger partial charge in [-0.3, -0.25) is 0 Å². The van der Waals surface area contributed by atoms with Crippen LogP contribution in [0.1, 0.15) is 19.5 Å². The number of hydrogen-bond acceptors (Lipinski definition) is 4. The zero-order valence-corrected chi connectivity index (χ0v) is 9.92. The van der Waals surface area contributed by atoms with Crippen molar-refractivity contribution in [3.63, 3.8) is 0 Å². The number of hydrogen-bond donors (Lipinski definition) is 3. The predicted molar refractivity (Wildman–Crippen MR) is 63.7 cm³/mol. The van der Waals surface area contributed by atoms with Gasteiger partial charge in [0.05, 0.1) is 0 Å². The number of halogens is 1. The van der Waals surface area contributed by atoms with Crippen molar-refractivity contribution in [2.45, 2.75) is 19.4 Å².